The Balaban J connectivity index is 1.85. The van der Waals surface area contributed by atoms with Crippen molar-refractivity contribution in [2.24, 2.45) is 11.8 Å². The van der Waals surface area contributed by atoms with E-state index in [0.29, 0.717) is 32.7 Å². The van der Waals surface area contributed by atoms with Gasteiger partial charge in [0, 0.05) is 26.4 Å². The van der Waals surface area contributed by atoms with Crippen molar-refractivity contribution in [3.63, 3.8) is 0 Å². The van der Waals surface area contributed by atoms with Crippen LogP contribution in [0.3, 0.4) is 0 Å². The molecule has 1 fully saturated rings. The number of morpholine rings is 1. The molecule has 1 saturated heterocycles. The number of esters is 1. The minimum absolute atomic E-state index is 0.0429. The topological polar surface area (TPSA) is 192 Å². The van der Waals surface area contributed by atoms with Crippen molar-refractivity contribution in [3.05, 3.63) is 71.8 Å². The van der Waals surface area contributed by atoms with E-state index < -0.39 is 65.8 Å². The minimum Gasteiger partial charge on any atom is -0.462 e. The van der Waals surface area contributed by atoms with Crippen molar-refractivity contribution in [1.82, 2.24) is 26.2 Å². The van der Waals surface area contributed by atoms with Crippen molar-refractivity contribution >= 4 is 35.4 Å². The molecule has 14 nitrogen and oxygen atoms in total. The fraction of sp³-hybridized carbons (Fsp3) is 0.571. The van der Waals surface area contributed by atoms with Gasteiger partial charge >= 0.3 is 5.97 Å². The second kappa shape index (κ2) is 22.8. The summed E-state index contributed by atoms with van der Waals surface area (Å²) < 4.78 is 10.3. The molecule has 0 aromatic heterocycles. The van der Waals surface area contributed by atoms with Crippen LogP contribution in [0.1, 0.15) is 71.9 Å². The molecular weight excluding hydrogens is 718 g/mol. The highest BCUT2D eigenvalue weighted by molar-refractivity contribution is 5.98. The Morgan fingerprint density at radius 2 is 1.23 bits per heavy atom. The Bertz CT molecular complexity index is 1580. The van der Waals surface area contributed by atoms with Crippen LogP contribution in [0.2, 0.25) is 0 Å². The Morgan fingerprint density at radius 3 is 1.80 bits per heavy atom. The van der Waals surface area contributed by atoms with Crippen LogP contribution in [0.15, 0.2) is 60.7 Å². The number of ketones is 1. The molecule has 0 bridgehead atoms. The molecule has 1 aliphatic rings. The van der Waals surface area contributed by atoms with Gasteiger partial charge in [-0.25, -0.2) is 0 Å². The van der Waals surface area contributed by atoms with Gasteiger partial charge in [-0.15, -0.1) is 0 Å². The number of nitrogens with zero attached hydrogens (tertiary/aromatic N) is 1. The van der Waals surface area contributed by atoms with Gasteiger partial charge in [0.25, 0.3) is 0 Å². The Labute approximate surface area is 330 Å². The number of hydrogen-bond donors (Lipinski definition) is 5. The Kier molecular flexibility index (Phi) is 18.6. The zero-order chi connectivity index (χ0) is 41.3. The monoisotopic (exact) mass is 779 g/mol. The molecule has 3 rings (SSSR count). The molecule has 2 aromatic rings. The molecule has 5 atom stereocenters. The summed E-state index contributed by atoms with van der Waals surface area (Å²) in [5.74, 6) is -3.67. The number of ether oxygens (including phenoxy) is 2. The minimum atomic E-state index is -2.09. The van der Waals surface area contributed by atoms with Gasteiger partial charge in [0.1, 0.15) is 24.7 Å². The molecule has 1 heterocycles. The lowest BCUT2D eigenvalue weighted by atomic mass is 9.90. The quantitative estimate of drug-likeness (QED) is 0.111. The third-order valence-electron chi connectivity index (χ3n) is 9.37. The summed E-state index contributed by atoms with van der Waals surface area (Å²) in [6.07, 6.45) is 1.25. The summed E-state index contributed by atoms with van der Waals surface area (Å²) in [7, 11) is 0. The molecule has 0 radical (unpaired) electrons. The van der Waals surface area contributed by atoms with Crippen LogP contribution in [0.5, 0.6) is 0 Å². The van der Waals surface area contributed by atoms with E-state index in [9.17, 15) is 33.9 Å². The summed E-state index contributed by atoms with van der Waals surface area (Å²) >= 11 is 0. The van der Waals surface area contributed by atoms with E-state index >= 15 is 0 Å². The molecule has 1 aliphatic heterocycles. The van der Waals surface area contributed by atoms with Gasteiger partial charge in [-0.1, -0.05) is 88.4 Å². The predicted molar refractivity (Wildman–Crippen MR) is 211 cm³/mol. The highest BCUT2D eigenvalue weighted by Gasteiger charge is 2.39. The molecular formula is C42H61N5O9. The number of carbonyl (C=O) groups excluding carboxylic acids is 6. The molecule has 5 N–H and O–H groups in total. The average Bonchev–Trinajstić information content (AvgIpc) is 3.15. The SMILES string of the molecule is CC(=O)OCC(C)(O)C(=O)C(CC(C)C)NC(=O)[C@H](Cc1ccccc1)NC(=O)C(CC(C)C)NC(=O)[C@H](CCc1ccccc1)NC(=O)CN1CCOCC1. The van der Waals surface area contributed by atoms with Gasteiger partial charge in [-0.2, -0.15) is 0 Å². The van der Waals surface area contributed by atoms with Crippen LogP contribution in [0, 0.1) is 11.8 Å². The Hall–Kier alpha value is -4.66. The fourth-order valence-electron chi connectivity index (χ4n) is 6.40. The largest absolute Gasteiger partial charge is 0.462 e. The number of hydrogen-bond acceptors (Lipinski definition) is 10. The van der Waals surface area contributed by atoms with Crippen molar-refractivity contribution in [2.75, 3.05) is 39.5 Å². The number of rotatable bonds is 22. The van der Waals surface area contributed by atoms with Crippen molar-refractivity contribution in [1.29, 1.82) is 0 Å². The third-order valence-corrected chi connectivity index (χ3v) is 9.37. The number of amides is 4. The van der Waals surface area contributed by atoms with Gasteiger partial charge in [-0.3, -0.25) is 33.7 Å². The van der Waals surface area contributed by atoms with Crippen LogP contribution in [-0.4, -0.2) is 115 Å². The molecule has 0 aliphatic carbocycles. The Morgan fingerprint density at radius 1 is 0.732 bits per heavy atom. The summed E-state index contributed by atoms with van der Waals surface area (Å²) in [5, 5.41) is 22.3. The molecule has 3 unspecified atom stereocenters. The van der Waals surface area contributed by atoms with Crippen LogP contribution >= 0.6 is 0 Å². The summed E-state index contributed by atoms with van der Waals surface area (Å²) in [5.41, 5.74) is -0.367. The molecule has 14 heteroatoms. The number of aryl methyl sites for hydroxylation is 1. The first-order valence-electron chi connectivity index (χ1n) is 19.5. The fourth-order valence-corrected chi connectivity index (χ4v) is 6.40. The first kappa shape index (κ1) is 45.7. The molecule has 0 spiro atoms. The number of nitrogens with one attached hydrogen (secondary N) is 4. The van der Waals surface area contributed by atoms with Crippen molar-refractivity contribution in [2.45, 2.75) is 103 Å². The zero-order valence-corrected chi connectivity index (χ0v) is 33.7. The van der Waals surface area contributed by atoms with E-state index in [1.54, 1.807) is 24.3 Å². The van der Waals surface area contributed by atoms with Gasteiger partial charge in [0.05, 0.1) is 25.8 Å². The summed E-state index contributed by atoms with van der Waals surface area (Å²) in [6.45, 7) is 11.6. The van der Waals surface area contributed by atoms with E-state index in [1.165, 1.54) is 6.92 Å². The van der Waals surface area contributed by atoms with E-state index in [1.807, 2.05) is 69.0 Å². The number of Topliss-reactive ketones (excluding diaryl/α,β-unsaturated/α-hetero) is 1. The van der Waals surface area contributed by atoms with Gasteiger partial charge in [-0.05, 0) is 55.6 Å². The maximum Gasteiger partial charge on any atom is 0.302 e. The number of benzene rings is 2. The van der Waals surface area contributed by atoms with Crippen molar-refractivity contribution in [3.8, 4) is 0 Å². The smallest absolute Gasteiger partial charge is 0.302 e. The first-order valence-corrected chi connectivity index (χ1v) is 19.5. The normalized spacial score (nSPS) is 16.4. The van der Waals surface area contributed by atoms with E-state index in [-0.39, 0.29) is 50.0 Å². The van der Waals surface area contributed by atoms with E-state index in [4.69, 9.17) is 9.47 Å². The second-order valence-electron chi connectivity index (χ2n) is 15.6. The molecule has 4 amide bonds. The van der Waals surface area contributed by atoms with Gasteiger partial charge < -0.3 is 35.8 Å². The highest BCUT2D eigenvalue weighted by atomic mass is 16.5. The maximum atomic E-state index is 14.1. The third kappa shape index (κ3) is 16.2. The average molecular weight is 780 g/mol. The zero-order valence-electron chi connectivity index (χ0n) is 33.7. The first-order chi connectivity index (χ1) is 26.5. The van der Waals surface area contributed by atoms with Crippen molar-refractivity contribution < 1.29 is 43.3 Å². The van der Waals surface area contributed by atoms with Crippen LogP contribution in [-0.2, 0) is 51.1 Å². The lowest BCUT2D eigenvalue weighted by Crippen LogP contribution is -2.60. The molecule has 0 saturated carbocycles. The summed E-state index contributed by atoms with van der Waals surface area (Å²) in [6, 6.07) is 14.3. The second-order valence-corrected chi connectivity index (χ2v) is 15.6. The van der Waals surface area contributed by atoms with E-state index in [2.05, 4.69) is 21.3 Å². The lowest BCUT2D eigenvalue weighted by Gasteiger charge is -2.30. The number of aliphatic hydroxyl groups is 1. The maximum absolute atomic E-state index is 14.1. The molecule has 56 heavy (non-hydrogen) atoms. The van der Waals surface area contributed by atoms with Crippen LogP contribution in [0.25, 0.3) is 0 Å². The van der Waals surface area contributed by atoms with Crippen LogP contribution < -0.4 is 21.3 Å². The van der Waals surface area contributed by atoms with Gasteiger partial charge in [0.15, 0.2) is 11.4 Å². The molecule has 308 valence electrons. The highest BCUT2D eigenvalue weighted by Crippen LogP contribution is 2.17. The van der Waals surface area contributed by atoms with Gasteiger partial charge in [0.2, 0.25) is 23.6 Å². The van der Waals surface area contributed by atoms with E-state index in [0.717, 1.165) is 18.1 Å². The summed E-state index contributed by atoms with van der Waals surface area (Å²) in [4.78, 5) is 82.4. The predicted octanol–water partition coefficient (Wildman–Crippen LogP) is 2.11. The lowest BCUT2D eigenvalue weighted by molar-refractivity contribution is -0.156. The molecule has 2 aromatic carbocycles. The van der Waals surface area contributed by atoms with Crippen LogP contribution in [0.4, 0.5) is 0 Å². The standard InChI is InChI=1S/C42H61N5O9/c1-28(2)23-34(38(50)42(6,54)27-56-30(5)48)44-41(53)36(25-32-15-11-8-12-16-32)46-40(52)35(24-29(3)4)45-39(51)33(18-17-31-13-9-7-10-14-31)43-37(49)26-47-19-21-55-22-20-47/h7-16,28-29,33-36,54H,17-27H2,1-6H3,(H,43,49)(H,44,53)(H,45,51)(H,46,52)/t33-,34?,35?,36-,42?/m0/s1. The number of carbonyl (C=O) groups is 6.